The lowest BCUT2D eigenvalue weighted by atomic mass is 9.95. The molecular formula is C22H25N3O4. The molecule has 0 amide bonds. The van der Waals surface area contributed by atoms with Crippen molar-refractivity contribution >= 4 is 11.9 Å². The second kappa shape index (κ2) is 9.78. The summed E-state index contributed by atoms with van der Waals surface area (Å²) in [7, 11) is 2.98. The molecule has 0 saturated heterocycles. The van der Waals surface area contributed by atoms with Crippen molar-refractivity contribution in [1.82, 2.24) is 9.97 Å². The fourth-order valence-corrected chi connectivity index (χ4v) is 3.26. The lowest BCUT2D eigenvalue weighted by Gasteiger charge is -2.18. The molecule has 1 fully saturated rings. The first kappa shape index (κ1) is 20.5. The van der Waals surface area contributed by atoms with Crippen molar-refractivity contribution in [2.75, 3.05) is 20.0 Å². The van der Waals surface area contributed by atoms with Gasteiger partial charge in [-0.3, -0.25) is 4.79 Å². The van der Waals surface area contributed by atoms with Crippen molar-refractivity contribution in [3.63, 3.8) is 0 Å². The minimum Gasteiger partial charge on any atom is -0.493 e. The van der Waals surface area contributed by atoms with Crippen LogP contribution in [0.15, 0.2) is 30.6 Å². The second-order valence-electron chi connectivity index (χ2n) is 6.87. The van der Waals surface area contributed by atoms with Crippen LogP contribution in [-0.2, 0) is 9.53 Å². The largest absolute Gasteiger partial charge is 0.493 e. The number of carbonyl (C=O) groups is 1. The lowest BCUT2D eigenvalue weighted by Crippen LogP contribution is -2.12. The van der Waals surface area contributed by atoms with Crippen molar-refractivity contribution in [1.29, 1.82) is 0 Å². The lowest BCUT2D eigenvalue weighted by molar-refractivity contribution is -0.140. The van der Waals surface area contributed by atoms with Crippen LogP contribution in [0.3, 0.4) is 0 Å². The quantitative estimate of drug-likeness (QED) is 0.593. The maximum Gasteiger partial charge on any atom is 0.307 e. The van der Waals surface area contributed by atoms with Crippen LogP contribution in [0.1, 0.15) is 49.1 Å². The molecule has 1 atom stereocenters. The summed E-state index contributed by atoms with van der Waals surface area (Å²) in [5.41, 5.74) is 6.98. The minimum atomic E-state index is -0.378. The number of rotatable bonds is 6. The van der Waals surface area contributed by atoms with Crippen molar-refractivity contribution in [2.45, 2.75) is 44.1 Å². The maximum atomic E-state index is 12.0. The summed E-state index contributed by atoms with van der Waals surface area (Å²) in [6.07, 6.45) is 7.83. The molecule has 152 valence electrons. The van der Waals surface area contributed by atoms with Gasteiger partial charge in [0.25, 0.3) is 0 Å². The third-order valence-electron chi connectivity index (χ3n) is 4.85. The Kier molecular flexibility index (Phi) is 6.90. The van der Waals surface area contributed by atoms with Crippen molar-refractivity contribution in [3.05, 3.63) is 41.7 Å². The molecule has 1 heterocycles. The van der Waals surface area contributed by atoms with Crippen LogP contribution in [-0.4, -0.2) is 36.3 Å². The van der Waals surface area contributed by atoms with E-state index in [1.807, 2.05) is 18.2 Å². The van der Waals surface area contributed by atoms with E-state index in [1.165, 1.54) is 20.0 Å². The van der Waals surface area contributed by atoms with Gasteiger partial charge in [-0.05, 0) is 43.4 Å². The Bertz CT molecular complexity index is 897. The normalized spacial score (nSPS) is 14.6. The minimum absolute atomic E-state index is 0.120. The molecule has 1 aromatic heterocycles. The van der Waals surface area contributed by atoms with E-state index in [2.05, 4.69) is 21.8 Å². The molecule has 7 nitrogen and oxygen atoms in total. The van der Waals surface area contributed by atoms with Gasteiger partial charge in [-0.2, -0.15) is 0 Å². The highest BCUT2D eigenvalue weighted by molar-refractivity contribution is 5.71. The van der Waals surface area contributed by atoms with E-state index in [4.69, 9.17) is 19.9 Å². The van der Waals surface area contributed by atoms with E-state index in [0.717, 1.165) is 18.4 Å². The number of methoxy groups -OCH3 is 2. The van der Waals surface area contributed by atoms with Crippen LogP contribution in [0.4, 0.5) is 5.95 Å². The van der Waals surface area contributed by atoms with Gasteiger partial charge in [0.2, 0.25) is 5.95 Å². The van der Waals surface area contributed by atoms with E-state index >= 15 is 0 Å². The van der Waals surface area contributed by atoms with Crippen LogP contribution < -0.4 is 15.2 Å². The van der Waals surface area contributed by atoms with Crippen LogP contribution in [0.2, 0.25) is 0 Å². The molecule has 0 bridgehead atoms. The van der Waals surface area contributed by atoms with Gasteiger partial charge in [0.05, 0.1) is 38.2 Å². The summed E-state index contributed by atoms with van der Waals surface area (Å²) in [6.45, 7) is 0. The molecule has 7 heteroatoms. The molecule has 1 aliphatic rings. The fourth-order valence-electron chi connectivity index (χ4n) is 3.26. The van der Waals surface area contributed by atoms with Crippen LogP contribution >= 0.6 is 0 Å². The number of nitrogens with zero attached hydrogens (tertiary/aromatic N) is 2. The number of anilines is 1. The molecule has 0 radical (unpaired) electrons. The second-order valence-corrected chi connectivity index (χ2v) is 6.87. The third kappa shape index (κ3) is 5.61. The van der Waals surface area contributed by atoms with E-state index in [1.54, 1.807) is 19.5 Å². The molecule has 2 aromatic rings. The van der Waals surface area contributed by atoms with Crippen LogP contribution in [0.5, 0.6) is 11.5 Å². The average molecular weight is 395 g/mol. The summed E-state index contributed by atoms with van der Waals surface area (Å²) in [5, 5.41) is 0. The number of nitrogens with two attached hydrogens (primary N) is 1. The zero-order valence-electron chi connectivity index (χ0n) is 16.7. The Morgan fingerprint density at radius 2 is 1.93 bits per heavy atom. The zero-order valence-corrected chi connectivity index (χ0v) is 16.7. The molecule has 2 N–H and O–H groups in total. The van der Waals surface area contributed by atoms with E-state index in [9.17, 15) is 4.79 Å². The van der Waals surface area contributed by atoms with Crippen LogP contribution in [0, 0.1) is 11.8 Å². The average Bonchev–Trinajstić information content (AvgIpc) is 3.25. The summed E-state index contributed by atoms with van der Waals surface area (Å²) in [4.78, 5) is 19.8. The van der Waals surface area contributed by atoms with Gasteiger partial charge in [-0.15, -0.1) is 0 Å². The van der Waals surface area contributed by atoms with E-state index in [0.29, 0.717) is 17.1 Å². The van der Waals surface area contributed by atoms with Crippen molar-refractivity contribution in [3.8, 4) is 23.3 Å². The van der Waals surface area contributed by atoms with E-state index < -0.39 is 0 Å². The molecule has 1 aliphatic carbocycles. The van der Waals surface area contributed by atoms with Crippen molar-refractivity contribution < 1.29 is 19.0 Å². The molecule has 29 heavy (non-hydrogen) atoms. The Morgan fingerprint density at radius 3 is 2.59 bits per heavy atom. The number of aromatic nitrogens is 2. The van der Waals surface area contributed by atoms with Gasteiger partial charge in [0.1, 0.15) is 0 Å². The number of carbonyl (C=O) groups excluding carboxylic acids is 1. The Balaban J connectivity index is 1.89. The summed E-state index contributed by atoms with van der Waals surface area (Å²) in [5.74, 6) is 6.94. The first-order valence-electron chi connectivity index (χ1n) is 9.59. The van der Waals surface area contributed by atoms with Gasteiger partial charge in [0.15, 0.2) is 11.5 Å². The Morgan fingerprint density at radius 1 is 1.21 bits per heavy atom. The standard InChI is InChI=1S/C22H25N3O4/c1-27-19-10-9-16(11-20(19)29-18-5-3-4-6-18)17(12-21(26)28-2)8-7-15-13-24-22(23)25-14-15/h9-11,13-14,17-18H,3-6,12H2,1-2H3,(H2,23,24,25). The highest BCUT2D eigenvalue weighted by Crippen LogP contribution is 2.35. The fraction of sp³-hybridized carbons (Fsp3) is 0.409. The van der Waals surface area contributed by atoms with Crippen molar-refractivity contribution in [2.24, 2.45) is 0 Å². The molecule has 0 aliphatic heterocycles. The molecule has 0 spiro atoms. The van der Waals surface area contributed by atoms with Gasteiger partial charge < -0.3 is 19.9 Å². The number of hydrogen-bond acceptors (Lipinski definition) is 7. The van der Waals surface area contributed by atoms with Gasteiger partial charge in [0, 0.05) is 12.4 Å². The molecule has 1 saturated carbocycles. The highest BCUT2D eigenvalue weighted by Gasteiger charge is 2.21. The molecular weight excluding hydrogens is 370 g/mol. The van der Waals surface area contributed by atoms with Gasteiger partial charge >= 0.3 is 5.97 Å². The number of hydrogen-bond donors (Lipinski definition) is 1. The first-order chi connectivity index (χ1) is 14.1. The smallest absolute Gasteiger partial charge is 0.307 e. The zero-order chi connectivity index (χ0) is 20.6. The SMILES string of the molecule is COC(=O)CC(C#Cc1cnc(N)nc1)c1ccc(OC)c(OC2CCCC2)c1. The number of esters is 1. The Hall–Kier alpha value is -3.27. The molecule has 3 rings (SSSR count). The number of ether oxygens (including phenoxy) is 3. The first-order valence-corrected chi connectivity index (χ1v) is 9.59. The van der Waals surface area contributed by atoms with Gasteiger partial charge in [-0.1, -0.05) is 17.9 Å². The number of benzene rings is 1. The predicted octanol–water partition coefficient (Wildman–Crippen LogP) is 3.09. The topological polar surface area (TPSA) is 96.6 Å². The molecule has 1 aromatic carbocycles. The Labute approximate surface area is 170 Å². The predicted molar refractivity (Wildman–Crippen MR) is 109 cm³/mol. The van der Waals surface area contributed by atoms with Crippen LogP contribution in [0.25, 0.3) is 0 Å². The molecule has 1 unspecified atom stereocenters. The summed E-state index contributed by atoms with van der Waals surface area (Å²) < 4.78 is 16.5. The summed E-state index contributed by atoms with van der Waals surface area (Å²) in [6, 6.07) is 5.64. The highest BCUT2D eigenvalue weighted by atomic mass is 16.5. The van der Waals surface area contributed by atoms with Gasteiger partial charge in [-0.25, -0.2) is 9.97 Å². The monoisotopic (exact) mass is 395 g/mol. The third-order valence-corrected chi connectivity index (χ3v) is 4.85. The van der Waals surface area contributed by atoms with E-state index in [-0.39, 0.29) is 30.4 Å². The maximum absolute atomic E-state index is 12.0. The number of nitrogen functional groups attached to an aromatic ring is 1. The summed E-state index contributed by atoms with van der Waals surface area (Å²) >= 11 is 0.